The van der Waals surface area contributed by atoms with Gasteiger partial charge in [-0.15, -0.1) is 0 Å². The lowest BCUT2D eigenvalue weighted by atomic mass is 10.2. The molecule has 2 heterocycles. The fourth-order valence-electron chi connectivity index (χ4n) is 2.07. The lowest BCUT2D eigenvalue weighted by Crippen LogP contribution is -2.40. The molecule has 98 valence electrons. The van der Waals surface area contributed by atoms with E-state index in [2.05, 4.69) is 25.9 Å². The van der Waals surface area contributed by atoms with E-state index in [1.807, 2.05) is 0 Å². The van der Waals surface area contributed by atoms with E-state index in [0.717, 1.165) is 10.9 Å². The van der Waals surface area contributed by atoms with Crippen molar-refractivity contribution in [3.63, 3.8) is 0 Å². The maximum absolute atomic E-state index is 11.6. The van der Waals surface area contributed by atoms with Gasteiger partial charge in [-0.1, -0.05) is 0 Å². The van der Waals surface area contributed by atoms with E-state index in [1.54, 1.807) is 17.3 Å². The molecule has 2 rings (SSSR count). The Balaban J connectivity index is 2.14. The molecule has 1 unspecified atom stereocenters. The predicted octanol–water partition coefficient (Wildman–Crippen LogP) is 0.867. The molecule has 1 aliphatic heterocycles. The minimum absolute atomic E-state index is 0.286. The van der Waals surface area contributed by atoms with Crippen molar-refractivity contribution < 1.29 is 14.6 Å². The molecule has 7 heteroatoms. The van der Waals surface area contributed by atoms with Gasteiger partial charge in [0, 0.05) is 18.9 Å². The lowest BCUT2D eigenvalue weighted by molar-refractivity contribution is -0.150. The molecule has 18 heavy (non-hydrogen) atoms. The van der Waals surface area contributed by atoms with Crippen LogP contribution in [0.3, 0.4) is 0 Å². The second-order valence-corrected chi connectivity index (χ2v) is 4.97. The van der Waals surface area contributed by atoms with Crippen molar-refractivity contribution in [2.45, 2.75) is 25.1 Å². The SMILES string of the molecule is COC(=O)[C@@H]1CCCN1C(O)c1ncc(Br)cn1. The molecule has 0 radical (unpaired) electrons. The van der Waals surface area contributed by atoms with Crippen LogP contribution in [0.5, 0.6) is 0 Å². The quantitative estimate of drug-likeness (QED) is 0.834. The highest BCUT2D eigenvalue weighted by molar-refractivity contribution is 9.10. The smallest absolute Gasteiger partial charge is 0.323 e. The third-order valence-electron chi connectivity index (χ3n) is 2.95. The summed E-state index contributed by atoms with van der Waals surface area (Å²) in [4.78, 5) is 21.3. The number of aliphatic hydroxyl groups excluding tert-OH is 1. The van der Waals surface area contributed by atoms with Gasteiger partial charge < -0.3 is 9.84 Å². The van der Waals surface area contributed by atoms with Gasteiger partial charge in [-0.3, -0.25) is 9.69 Å². The monoisotopic (exact) mass is 315 g/mol. The number of aliphatic hydroxyl groups is 1. The average Bonchev–Trinajstić information content (AvgIpc) is 2.87. The van der Waals surface area contributed by atoms with E-state index in [1.165, 1.54) is 7.11 Å². The summed E-state index contributed by atoms with van der Waals surface area (Å²) in [7, 11) is 1.35. The summed E-state index contributed by atoms with van der Waals surface area (Å²) >= 11 is 3.23. The molecule has 1 N–H and O–H groups in total. The Hall–Kier alpha value is -1.05. The highest BCUT2D eigenvalue weighted by atomic mass is 79.9. The molecule has 1 fully saturated rings. The summed E-state index contributed by atoms with van der Waals surface area (Å²) in [6, 6.07) is -0.419. The van der Waals surface area contributed by atoms with Crippen LogP contribution in [-0.2, 0) is 9.53 Å². The zero-order valence-electron chi connectivity index (χ0n) is 9.91. The number of esters is 1. The van der Waals surface area contributed by atoms with Crippen LogP contribution in [0.4, 0.5) is 0 Å². The van der Waals surface area contributed by atoms with Crippen molar-refractivity contribution in [2.75, 3.05) is 13.7 Å². The van der Waals surface area contributed by atoms with Crippen LogP contribution in [0.25, 0.3) is 0 Å². The van der Waals surface area contributed by atoms with E-state index in [4.69, 9.17) is 4.74 Å². The van der Waals surface area contributed by atoms with Crippen molar-refractivity contribution >= 4 is 21.9 Å². The largest absolute Gasteiger partial charge is 0.468 e. The van der Waals surface area contributed by atoms with Crippen LogP contribution >= 0.6 is 15.9 Å². The second kappa shape index (κ2) is 5.73. The Morgan fingerprint density at radius 1 is 1.61 bits per heavy atom. The number of rotatable bonds is 3. The van der Waals surface area contributed by atoms with Gasteiger partial charge >= 0.3 is 5.97 Å². The van der Waals surface area contributed by atoms with Crippen molar-refractivity contribution in [3.8, 4) is 0 Å². The fourth-order valence-corrected chi connectivity index (χ4v) is 2.28. The normalized spacial score (nSPS) is 21.8. The number of nitrogens with zero attached hydrogens (tertiary/aromatic N) is 3. The molecule has 0 spiro atoms. The second-order valence-electron chi connectivity index (χ2n) is 4.05. The first-order valence-electron chi connectivity index (χ1n) is 5.62. The van der Waals surface area contributed by atoms with Crippen molar-refractivity contribution in [1.29, 1.82) is 0 Å². The first-order chi connectivity index (χ1) is 8.63. The number of hydrogen-bond donors (Lipinski definition) is 1. The zero-order valence-corrected chi connectivity index (χ0v) is 11.5. The highest BCUT2D eigenvalue weighted by Gasteiger charge is 2.36. The van der Waals surface area contributed by atoms with Gasteiger partial charge in [0.15, 0.2) is 12.1 Å². The fraction of sp³-hybridized carbons (Fsp3) is 0.545. The number of halogens is 1. The van der Waals surface area contributed by atoms with E-state index in [9.17, 15) is 9.90 Å². The number of carbonyl (C=O) groups excluding carboxylic acids is 1. The van der Waals surface area contributed by atoms with Crippen LogP contribution in [-0.4, -0.2) is 45.6 Å². The molecule has 1 aliphatic rings. The van der Waals surface area contributed by atoms with E-state index >= 15 is 0 Å². The zero-order chi connectivity index (χ0) is 13.1. The average molecular weight is 316 g/mol. The van der Waals surface area contributed by atoms with E-state index < -0.39 is 12.3 Å². The van der Waals surface area contributed by atoms with Gasteiger partial charge in [-0.25, -0.2) is 9.97 Å². The summed E-state index contributed by atoms with van der Waals surface area (Å²) in [5.74, 6) is -0.0438. The van der Waals surface area contributed by atoms with Gasteiger partial charge in [0.2, 0.25) is 0 Å². The number of methoxy groups -OCH3 is 1. The summed E-state index contributed by atoms with van der Waals surface area (Å²) in [5, 5.41) is 10.2. The molecular formula is C11H14BrN3O3. The van der Waals surface area contributed by atoms with Crippen molar-refractivity contribution in [3.05, 3.63) is 22.7 Å². The minimum Gasteiger partial charge on any atom is -0.468 e. The van der Waals surface area contributed by atoms with Gasteiger partial charge in [0.25, 0.3) is 0 Å². The van der Waals surface area contributed by atoms with Gasteiger partial charge in [0.1, 0.15) is 6.04 Å². The maximum atomic E-state index is 11.6. The summed E-state index contributed by atoms with van der Waals surface area (Å²) < 4.78 is 5.47. The molecule has 1 aromatic heterocycles. The number of hydrogen-bond acceptors (Lipinski definition) is 6. The maximum Gasteiger partial charge on any atom is 0.323 e. The van der Waals surface area contributed by atoms with Crippen LogP contribution in [0.2, 0.25) is 0 Å². The van der Waals surface area contributed by atoms with Gasteiger partial charge in [-0.2, -0.15) is 0 Å². The molecule has 0 bridgehead atoms. The number of aromatic nitrogens is 2. The summed E-state index contributed by atoms with van der Waals surface area (Å²) in [6.45, 7) is 0.625. The third-order valence-corrected chi connectivity index (χ3v) is 3.36. The number of ether oxygens (including phenoxy) is 1. The number of carbonyl (C=O) groups is 1. The third kappa shape index (κ3) is 2.68. The Kier molecular flexibility index (Phi) is 4.26. The molecule has 0 aromatic carbocycles. The predicted molar refractivity (Wildman–Crippen MR) is 66.4 cm³/mol. The van der Waals surface area contributed by atoms with Crippen molar-refractivity contribution in [1.82, 2.24) is 14.9 Å². The summed E-state index contributed by atoms with van der Waals surface area (Å²) in [6.07, 6.45) is 3.67. The molecule has 1 aromatic rings. The van der Waals surface area contributed by atoms with Crippen molar-refractivity contribution in [2.24, 2.45) is 0 Å². The van der Waals surface area contributed by atoms with Gasteiger partial charge in [-0.05, 0) is 28.8 Å². The van der Waals surface area contributed by atoms with Crippen LogP contribution in [0, 0.1) is 0 Å². The molecule has 2 atom stereocenters. The summed E-state index contributed by atoms with van der Waals surface area (Å²) in [5.41, 5.74) is 0. The first kappa shape index (κ1) is 13.4. The number of likely N-dealkylation sites (tertiary alicyclic amines) is 1. The topological polar surface area (TPSA) is 75.5 Å². The van der Waals surface area contributed by atoms with Crippen LogP contribution in [0.1, 0.15) is 24.9 Å². The highest BCUT2D eigenvalue weighted by Crippen LogP contribution is 2.26. The molecule has 0 amide bonds. The molecule has 6 nitrogen and oxygen atoms in total. The van der Waals surface area contributed by atoms with Gasteiger partial charge in [0.05, 0.1) is 11.6 Å². The Morgan fingerprint density at radius 2 is 2.28 bits per heavy atom. The molecule has 0 saturated carbocycles. The molecule has 0 aliphatic carbocycles. The Labute approximate surface area is 113 Å². The Morgan fingerprint density at radius 3 is 2.89 bits per heavy atom. The van der Waals surface area contributed by atoms with E-state index in [0.29, 0.717) is 13.0 Å². The minimum atomic E-state index is -0.982. The standard InChI is InChI=1S/C11H14BrN3O3/c1-18-11(17)8-3-2-4-15(8)10(16)9-13-5-7(12)6-14-9/h5-6,8,10,16H,2-4H2,1H3/t8-,10?/m0/s1. The molecule has 1 saturated heterocycles. The molecular weight excluding hydrogens is 302 g/mol. The Bertz CT molecular complexity index is 426. The van der Waals surface area contributed by atoms with Crippen LogP contribution in [0.15, 0.2) is 16.9 Å². The van der Waals surface area contributed by atoms with E-state index in [-0.39, 0.29) is 11.8 Å². The lowest BCUT2D eigenvalue weighted by Gasteiger charge is -2.26. The first-order valence-corrected chi connectivity index (χ1v) is 6.42. The van der Waals surface area contributed by atoms with Crippen LogP contribution < -0.4 is 0 Å².